The zero-order valence-electron chi connectivity index (χ0n) is 14.9. The van der Waals surface area contributed by atoms with Gasteiger partial charge in [-0.15, -0.1) is 23.4 Å². The zero-order valence-corrected chi connectivity index (χ0v) is 15.7. The molecule has 1 aromatic heterocycles. The molecule has 1 aliphatic heterocycles. The van der Waals surface area contributed by atoms with E-state index in [1.165, 1.54) is 12.1 Å². The van der Waals surface area contributed by atoms with Crippen molar-refractivity contribution in [3.63, 3.8) is 0 Å². The lowest BCUT2D eigenvalue weighted by Crippen LogP contribution is -2.34. The molecule has 1 aromatic carbocycles. The number of carbonyl (C=O) groups excluding carboxylic acids is 1. The molecule has 2 aromatic rings. The number of likely N-dealkylation sites (tertiary alicyclic amines) is 1. The summed E-state index contributed by atoms with van der Waals surface area (Å²) in [5.41, 5.74) is 5.97. The molecule has 0 bridgehead atoms. The molecule has 7 nitrogen and oxygen atoms in total. The van der Waals surface area contributed by atoms with Gasteiger partial charge in [0, 0.05) is 18.5 Å². The molecule has 0 atom stereocenters. The summed E-state index contributed by atoms with van der Waals surface area (Å²) < 4.78 is 41.7. The highest BCUT2D eigenvalue weighted by Crippen LogP contribution is 2.29. The third-order valence-corrected chi connectivity index (χ3v) is 5.13. The van der Waals surface area contributed by atoms with Gasteiger partial charge in [0.25, 0.3) is 0 Å². The van der Waals surface area contributed by atoms with Gasteiger partial charge in [-0.1, -0.05) is 29.5 Å². The van der Waals surface area contributed by atoms with Crippen LogP contribution in [0.4, 0.5) is 23.4 Å². The van der Waals surface area contributed by atoms with Crippen LogP contribution in [0.25, 0.3) is 0 Å². The number of aromatic nitrogens is 2. The first kappa shape index (κ1) is 20.3. The molecule has 0 saturated carbocycles. The quantitative estimate of drug-likeness (QED) is 0.752. The molecule has 3 N–H and O–H groups in total. The monoisotopic (exact) mass is 415 g/mol. The fraction of sp³-hybridized carbons (Fsp3) is 0.471. The average molecular weight is 415 g/mol. The van der Waals surface area contributed by atoms with Crippen LogP contribution in [-0.2, 0) is 11.3 Å². The van der Waals surface area contributed by atoms with Gasteiger partial charge in [0.2, 0.25) is 16.2 Å². The molecular weight excluding hydrogens is 395 g/mol. The fourth-order valence-electron chi connectivity index (χ4n) is 3.17. The van der Waals surface area contributed by atoms with E-state index in [1.807, 2.05) is 0 Å². The van der Waals surface area contributed by atoms with Crippen molar-refractivity contribution >= 4 is 27.5 Å². The number of nitrogens with two attached hydrogens (primary N) is 1. The number of piperidine rings is 1. The third kappa shape index (κ3) is 6.06. The van der Waals surface area contributed by atoms with Gasteiger partial charge in [0.05, 0.1) is 0 Å². The van der Waals surface area contributed by atoms with Gasteiger partial charge in [-0.3, -0.25) is 9.69 Å². The van der Waals surface area contributed by atoms with Crippen LogP contribution >= 0.6 is 11.3 Å². The molecule has 1 fully saturated rings. The van der Waals surface area contributed by atoms with E-state index in [9.17, 15) is 18.0 Å². The molecule has 3 rings (SSSR count). The molecule has 28 heavy (non-hydrogen) atoms. The van der Waals surface area contributed by atoms with Crippen molar-refractivity contribution in [2.75, 3.05) is 24.1 Å². The number of ether oxygens (including phenoxy) is 1. The van der Waals surface area contributed by atoms with Gasteiger partial charge < -0.3 is 15.8 Å². The van der Waals surface area contributed by atoms with E-state index >= 15 is 0 Å². The molecule has 1 saturated heterocycles. The summed E-state index contributed by atoms with van der Waals surface area (Å²) in [5, 5.41) is 10.7. The molecule has 11 heteroatoms. The highest BCUT2D eigenvalue weighted by Gasteiger charge is 2.32. The van der Waals surface area contributed by atoms with Crippen LogP contribution in [0, 0.1) is 5.92 Å². The number of halogens is 3. The van der Waals surface area contributed by atoms with Crippen LogP contribution in [0.15, 0.2) is 24.3 Å². The van der Waals surface area contributed by atoms with Gasteiger partial charge in [0.1, 0.15) is 5.75 Å². The minimum Gasteiger partial charge on any atom is -0.405 e. The number of hydrogen-bond donors (Lipinski definition) is 2. The number of para-hydroxylation sites is 1. The molecule has 0 spiro atoms. The number of benzene rings is 1. The van der Waals surface area contributed by atoms with Gasteiger partial charge in [-0.05, 0) is 37.9 Å². The number of rotatable bonds is 6. The number of carbonyl (C=O) groups is 1. The number of nitrogen functional groups attached to an aromatic ring is 1. The van der Waals surface area contributed by atoms with Gasteiger partial charge in [0.15, 0.2) is 0 Å². The Hall–Kier alpha value is -2.40. The first-order valence-corrected chi connectivity index (χ1v) is 9.55. The smallest absolute Gasteiger partial charge is 0.405 e. The average Bonchev–Trinajstić information content (AvgIpc) is 3.02. The van der Waals surface area contributed by atoms with Crippen LogP contribution in [0.3, 0.4) is 0 Å². The van der Waals surface area contributed by atoms with Crippen LogP contribution in [-0.4, -0.2) is 40.5 Å². The maximum Gasteiger partial charge on any atom is 0.573 e. The Kier molecular flexibility index (Phi) is 6.35. The maximum atomic E-state index is 12.5. The highest BCUT2D eigenvalue weighted by atomic mass is 32.1. The lowest BCUT2D eigenvalue weighted by molar-refractivity contribution is -0.275. The largest absolute Gasteiger partial charge is 0.573 e. The molecule has 1 aliphatic rings. The van der Waals surface area contributed by atoms with Crippen LogP contribution in [0.1, 0.15) is 24.8 Å². The predicted octanol–water partition coefficient (Wildman–Crippen LogP) is 3.26. The predicted molar refractivity (Wildman–Crippen MR) is 98.7 cm³/mol. The number of hydrogen-bond acceptors (Lipinski definition) is 7. The lowest BCUT2D eigenvalue weighted by Gasteiger charge is -2.32. The fourth-order valence-corrected chi connectivity index (χ4v) is 3.69. The molecule has 152 valence electrons. The summed E-state index contributed by atoms with van der Waals surface area (Å²) in [6.07, 6.45) is -2.78. The van der Waals surface area contributed by atoms with Crippen molar-refractivity contribution in [3.8, 4) is 5.75 Å². The maximum absolute atomic E-state index is 12.5. The Labute approximate surface area is 163 Å². The Morgan fingerprint density at radius 3 is 2.64 bits per heavy atom. The second-order valence-corrected chi connectivity index (χ2v) is 7.58. The number of alkyl halides is 3. The van der Waals surface area contributed by atoms with E-state index < -0.39 is 6.36 Å². The number of amides is 1. The van der Waals surface area contributed by atoms with E-state index in [-0.39, 0.29) is 17.6 Å². The Balaban J connectivity index is 1.47. The van der Waals surface area contributed by atoms with E-state index in [2.05, 4.69) is 25.2 Å². The van der Waals surface area contributed by atoms with Crippen LogP contribution in [0.5, 0.6) is 5.75 Å². The summed E-state index contributed by atoms with van der Waals surface area (Å²) in [5.74, 6) is -0.102. The molecule has 0 aliphatic carbocycles. The molecule has 0 radical (unpaired) electrons. The SMILES string of the molecule is Nc1nnc(NC(=O)CC2CCN(Cc3ccccc3OC(F)(F)F)CC2)s1. The zero-order chi connectivity index (χ0) is 20.1. The van der Waals surface area contributed by atoms with Crippen LogP contribution < -0.4 is 15.8 Å². The second-order valence-electron chi connectivity index (χ2n) is 6.57. The van der Waals surface area contributed by atoms with Gasteiger partial charge in [-0.2, -0.15) is 0 Å². The number of anilines is 2. The highest BCUT2D eigenvalue weighted by molar-refractivity contribution is 7.18. The normalized spacial score (nSPS) is 16.1. The van der Waals surface area contributed by atoms with Crippen molar-refractivity contribution in [1.29, 1.82) is 0 Å². The summed E-state index contributed by atoms with van der Waals surface area (Å²) in [7, 11) is 0. The van der Waals surface area contributed by atoms with Crippen molar-refractivity contribution in [2.45, 2.75) is 32.2 Å². The van der Waals surface area contributed by atoms with Crippen LogP contribution in [0.2, 0.25) is 0 Å². The van der Waals surface area contributed by atoms with Crippen molar-refractivity contribution in [3.05, 3.63) is 29.8 Å². The van der Waals surface area contributed by atoms with Gasteiger partial charge in [-0.25, -0.2) is 0 Å². The Morgan fingerprint density at radius 2 is 2.00 bits per heavy atom. The first-order valence-electron chi connectivity index (χ1n) is 8.73. The number of nitrogens with one attached hydrogen (secondary N) is 1. The van der Waals surface area contributed by atoms with Crippen molar-refractivity contribution < 1.29 is 22.7 Å². The third-order valence-electron chi connectivity index (χ3n) is 4.46. The number of nitrogens with zero attached hydrogens (tertiary/aromatic N) is 3. The van der Waals surface area contributed by atoms with E-state index in [4.69, 9.17) is 5.73 Å². The summed E-state index contributed by atoms with van der Waals surface area (Å²) in [6, 6.07) is 6.16. The summed E-state index contributed by atoms with van der Waals surface area (Å²) in [4.78, 5) is 14.2. The first-order chi connectivity index (χ1) is 13.3. The Morgan fingerprint density at radius 1 is 1.29 bits per heavy atom. The minimum absolute atomic E-state index is 0.140. The molecule has 2 heterocycles. The minimum atomic E-state index is -4.71. The van der Waals surface area contributed by atoms with E-state index in [1.54, 1.807) is 12.1 Å². The summed E-state index contributed by atoms with van der Waals surface area (Å²) in [6.45, 7) is 1.77. The summed E-state index contributed by atoms with van der Waals surface area (Å²) >= 11 is 1.11. The lowest BCUT2D eigenvalue weighted by atomic mass is 9.93. The van der Waals surface area contributed by atoms with E-state index in [0.717, 1.165) is 24.2 Å². The second kappa shape index (κ2) is 8.74. The van der Waals surface area contributed by atoms with Crippen molar-refractivity contribution in [2.24, 2.45) is 5.92 Å². The standard InChI is InChI=1S/C17H20F3N5O2S/c18-17(19,20)27-13-4-2-1-3-12(13)10-25-7-5-11(6-8-25)9-14(26)22-16-24-23-15(21)28-16/h1-4,11H,5-10H2,(H2,21,23)(H,22,24,26). The van der Waals surface area contributed by atoms with Crippen molar-refractivity contribution in [1.82, 2.24) is 15.1 Å². The van der Waals surface area contributed by atoms with E-state index in [0.29, 0.717) is 41.9 Å². The Bertz CT molecular complexity index is 806. The topological polar surface area (TPSA) is 93.4 Å². The molecule has 0 unspecified atom stereocenters. The molecule has 1 amide bonds. The molecular formula is C17H20F3N5O2S. The van der Waals surface area contributed by atoms with Gasteiger partial charge >= 0.3 is 6.36 Å².